The summed E-state index contributed by atoms with van der Waals surface area (Å²) < 4.78 is 2.82. The third-order valence-electron chi connectivity index (χ3n) is 1.27. The van der Waals surface area contributed by atoms with Gasteiger partial charge in [-0.1, -0.05) is 29.7 Å². The molecule has 0 heterocycles. The van der Waals surface area contributed by atoms with E-state index in [1.807, 2.05) is 46.9 Å². The highest BCUT2D eigenvalue weighted by atomic mass is 127. The van der Waals surface area contributed by atoms with Crippen molar-refractivity contribution in [3.8, 4) is 9.85 Å². The maximum absolute atomic E-state index is 5.71. The van der Waals surface area contributed by atoms with Crippen LogP contribution >= 0.6 is 34.2 Å². The van der Waals surface area contributed by atoms with Gasteiger partial charge in [0.15, 0.2) is 0 Å². The highest BCUT2D eigenvalue weighted by Crippen LogP contribution is 2.09. The molecule has 0 aliphatic rings. The predicted octanol–water partition coefficient (Wildman–Crippen LogP) is 3.28. The molecule has 0 saturated carbocycles. The van der Waals surface area contributed by atoms with E-state index in [1.165, 1.54) is 5.56 Å². The largest absolute Gasteiger partial charge is 0.0871 e. The summed E-state index contributed by atoms with van der Waals surface area (Å²) in [7, 11) is 0. The molecule has 11 heavy (non-hydrogen) atoms. The van der Waals surface area contributed by atoms with Gasteiger partial charge in [0.05, 0.1) is 0 Å². The summed E-state index contributed by atoms with van der Waals surface area (Å²) >= 11 is 7.74. The van der Waals surface area contributed by atoms with E-state index < -0.39 is 0 Å². The number of hydrogen-bond acceptors (Lipinski definition) is 0. The fraction of sp³-hybridized carbons (Fsp3) is 0.111. The lowest BCUT2D eigenvalue weighted by Crippen LogP contribution is -1.78. The smallest absolute Gasteiger partial charge is 0.0406 e. The Morgan fingerprint density at radius 1 is 1.27 bits per heavy atom. The third-order valence-corrected chi connectivity index (χ3v) is 1.91. The maximum atomic E-state index is 5.71. The first-order chi connectivity index (χ1) is 5.33. The molecule has 1 aromatic carbocycles. The average Bonchev–Trinajstić information content (AvgIpc) is 2.04. The quantitative estimate of drug-likeness (QED) is 0.545. The molecular weight excluding hydrogens is 270 g/mol. The van der Waals surface area contributed by atoms with Crippen molar-refractivity contribution in [1.29, 1.82) is 0 Å². The number of benzene rings is 1. The molecule has 0 saturated heterocycles. The van der Waals surface area contributed by atoms with Crippen LogP contribution in [0.2, 0.25) is 5.02 Å². The second-order valence-corrected chi connectivity index (χ2v) is 3.05. The minimum atomic E-state index is 0.774. The van der Waals surface area contributed by atoms with Crippen LogP contribution in [0.5, 0.6) is 0 Å². The Bertz CT molecular complexity index is 279. The Kier molecular flexibility index (Phi) is 3.74. The lowest BCUT2D eigenvalue weighted by atomic mass is 10.2. The molecule has 0 atom stereocenters. The van der Waals surface area contributed by atoms with E-state index in [-0.39, 0.29) is 0 Å². The van der Waals surface area contributed by atoms with Crippen molar-refractivity contribution in [3.05, 3.63) is 34.9 Å². The van der Waals surface area contributed by atoms with Crippen LogP contribution in [0.3, 0.4) is 0 Å². The van der Waals surface area contributed by atoms with Crippen LogP contribution in [-0.4, -0.2) is 0 Å². The summed E-state index contributed by atoms with van der Waals surface area (Å²) in [5.74, 6) is 2.98. The first-order valence-corrected chi connectivity index (χ1v) is 4.61. The van der Waals surface area contributed by atoms with Crippen LogP contribution in [0.1, 0.15) is 5.56 Å². The normalized spacial score (nSPS) is 8.55. The molecule has 0 fully saturated rings. The highest BCUT2D eigenvalue weighted by molar-refractivity contribution is 14.1. The minimum absolute atomic E-state index is 0.774. The Morgan fingerprint density at radius 2 is 1.91 bits per heavy atom. The van der Waals surface area contributed by atoms with Crippen molar-refractivity contribution in [2.45, 2.75) is 6.42 Å². The van der Waals surface area contributed by atoms with Crippen LogP contribution in [0.15, 0.2) is 24.3 Å². The highest BCUT2D eigenvalue weighted by Gasteiger charge is 1.88. The lowest BCUT2D eigenvalue weighted by Gasteiger charge is -1.93. The molecule has 2 heteroatoms. The van der Waals surface area contributed by atoms with Crippen LogP contribution in [0.4, 0.5) is 0 Å². The van der Waals surface area contributed by atoms with Gasteiger partial charge in [-0.05, 0) is 21.6 Å². The van der Waals surface area contributed by atoms with E-state index in [2.05, 4.69) is 9.85 Å². The first-order valence-electron chi connectivity index (χ1n) is 3.16. The SMILES string of the molecule is Clc1ccc(CC#CI)cc1. The van der Waals surface area contributed by atoms with Crippen molar-refractivity contribution in [2.75, 3.05) is 0 Å². The molecule has 0 bridgehead atoms. The summed E-state index contributed by atoms with van der Waals surface area (Å²) in [4.78, 5) is 0. The zero-order valence-electron chi connectivity index (χ0n) is 5.77. The van der Waals surface area contributed by atoms with Gasteiger partial charge in [-0.2, -0.15) is 0 Å². The van der Waals surface area contributed by atoms with Crippen LogP contribution in [0.25, 0.3) is 0 Å². The third kappa shape index (κ3) is 3.13. The topological polar surface area (TPSA) is 0 Å². The van der Waals surface area contributed by atoms with Gasteiger partial charge in [0, 0.05) is 34.0 Å². The molecule has 0 aliphatic carbocycles. The minimum Gasteiger partial charge on any atom is -0.0871 e. The summed E-state index contributed by atoms with van der Waals surface area (Å²) in [6.07, 6.45) is 0.806. The molecule has 1 aromatic rings. The maximum Gasteiger partial charge on any atom is 0.0406 e. The molecule has 0 N–H and O–H groups in total. The Balaban J connectivity index is 2.71. The van der Waals surface area contributed by atoms with Crippen molar-refractivity contribution in [1.82, 2.24) is 0 Å². The van der Waals surface area contributed by atoms with Gasteiger partial charge in [-0.15, -0.1) is 0 Å². The van der Waals surface area contributed by atoms with Crippen molar-refractivity contribution in [3.63, 3.8) is 0 Å². The average molecular weight is 277 g/mol. The van der Waals surface area contributed by atoms with Crippen LogP contribution < -0.4 is 0 Å². The summed E-state index contributed by atoms with van der Waals surface area (Å²) in [5, 5.41) is 0.774. The molecular formula is C9H6ClI. The van der Waals surface area contributed by atoms with Crippen molar-refractivity contribution < 1.29 is 0 Å². The molecule has 0 aromatic heterocycles. The summed E-state index contributed by atoms with van der Waals surface area (Å²) in [6, 6.07) is 7.74. The monoisotopic (exact) mass is 276 g/mol. The van der Waals surface area contributed by atoms with Gasteiger partial charge in [-0.25, -0.2) is 0 Å². The second-order valence-electron chi connectivity index (χ2n) is 2.07. The summed E-state index contributed by atoms with van der Waals surface area (Å²) in [6.45, 7) is 0. The van der Waals surface area contributed by atoms with E-state index in [0.717, 1.165) is 11.4 Å². The van der Waals surface area contributed by atoms with Crippen LogP contribution in [-0.2, 0) is 6.42 Å². The van der Waals surface area contributed by atoms with Crippen molar-refractivity contribution >= 4 is 34.2 Å². The Labute approximate surface area is 85.1 Å². The van der Waals surface area contributed by atoms with E-state index in [4.69, 9.17) is 11.6 Å². The van der Waals surface area contributed by atoms with E-state index >= 15 is 0 Å². The molecule has 0 unspecified atom stereocenters. The van der Waals surface area contributed by atoms with E-state index in [9.17, 15) is 0 Å². The molecule has 0 nitrogen and oxygen atoms in total. The second kappa shape index (κ2) is 4.63. The van der Waals surface area contributed by atoms with Crippen molar-refractivity contribution in [2.24, 2.45) is 0 Å². The van der Waals surface area contributed by atoms with Gasteiger partial charge >= 0.3 is 0 Å². The zero-order valence-corrected chi connectivity index (χ0v) is 8.69. The lowest BCUT2D eigenvalue weighted by molar-refractivity contribution is 1.32. The summed E-state index contributed by atoms with van der Waals surface area (Å²) in [5.41, 5.74) is 1.21. The van der Waals surface area contributed by atoms with Crippen LogP contribution in [0, 0.1) is 9.85 Å². The molecule has 56 valence electrons. The fourth-order valence-corrected chi connectivity index (χ4v) is 1.05. The first kappa shape index (κ1) is 8.89. The predicted molar refractivity (Wildman–Crippen MR) is 57.0 cm³/mol. The van der Waals surface area contributed by atoms with Gasteiger partial charge in [-0.3, -0.25) is 0 Å². The van der Waals surface area contributed by atoms with Gasteiger partial charge < -0.3 is 0 Å². The molecule has 0 radical (unpaired) electrons. The Hall–Kier alpha value is -0.200. The number of hydrogen-bond donors (Lipinski definition) is 0. The van der Waals surface area contributed by atoms with E-state index in [0.29, 0.717) is 0 Å². The standard InChI is InChI=1S/C9H6ClI/c10-9-5-3-8(4-6-9)2-1-7-11/h3-6H,2H2. The number of rotatable bonds is 1. The van der Waals surface area contributed by atoms with Gasteiger partial charge in [0.25, 0.3) is 0 Å². The van der Waals surface area contributed by atoms with E-state index in [1.54, 1.807) is 0 Å². The Morgan fingerprint density at radius 3 is 2.45 bits per heavy atom. The molecule has 1 rings (SSSR count). The molecule has 0 spiro atoms. The molecule has 0 aliphatic heterocycles. The van der Waals surface area contributed by atoms with Gasteiger partial charge in [0.2, 0.25) is 0 Å². The van der Waals surface area contributed by atoms with Gasteiger partial charge in [0.1, 0.15) is 0 Å². The fourth-order valence-electron chi connectivity index (χ4n) is 0.738. The number of halogens is 2. The zero-order chi connectivity index (χ0) is 8.10. The molecule has 0 amide bonds.